The van der Waals surface area contributed by atoms with Gasteiger partial charge in [-0.25, -0.2) is 21.2 Å². The van der Waals surface area contributed by atoms with Gasteiger partial charge in [-0.05, 0) is 73.8 Å². The molecular formula is C22H20F2N2O2S. The number of benzene rings is 2. The minimum absolute atomic E-state index is 0.00809. The summed E-state index contributed by atoms with van der Waals surface area (Å²) in [5.41, 5.74) is 2.22. The molecule has 0 N–H and O–H groups in total. The minimum atomic E-state index is -3.94. The molecule has 7 heteroatoms. The van der Waals surface area contributed by atoms with E-state index in [1.165, 1.54) is 40.7 Å². The van der Waals surface area contributed by atoms with Gasteiger partial charge in [0, 0.05) is 29.7 Å². The third-order valence-corrected chi connectivity index (χ3v) is 7.66. The molecule has 2 aliphatic heterocycles. The van der Waals surface area contributed by atoms with Gasteiger partial charge in [-0.2, -0.15) is 0 Å². The first-order valence-corrected chi connectivity index (χ1v) is 11.1. The standard InChI is InChI=1S/C22H20F2N2O2S/c23-16-3-6-19(7-4-16)29(27,28)26-14-21(20-13-17(24)5-8-22(20)26)15-9-11-25-10-1-2-18(25)12-15/h3-9,13-14,18H,1-2,10-12H2/t18-/m1/s1. The highest BCUT2D eigenvalue weighted by Gasteiger charge is 2.30. The molecular weight excluding hydrogens is 394 g/mol. The molecule has 0 bridgehead atoms. The molecule has 1 atom stereocenters. The summed E-state index contributed by atoms with van der Waals surface area (Å²) in [4.78, 5) is 2.42. The van der Waals surface area contributed by atoms with Crippen LogP contribution in [0, 0.1) is 11.6 Å². The fourth-order valence-corrected chi connectivity index (χ4v) is 5.87. The van der Waals surface area contributed by atoms with Crippen LogP contribution in [0.4, 0.5) is 8.78 Å². The lowest BCUT2D eigenvalue weighted by Crippen LogP contribution is -2.32. The molecule has 0 spiro atoms. The quantitative estimate of drug-likeness (QED) is 0.638. The lowest BCUT2D eigenvalue weighted by molar-refractivity contribution is 0.275. The van der Waals surface area contributed by atoms with Crippen molar-refractivity contribution in [2.75, 3.05) is 13.1 Å². The van der Waals surface area contributed by atoms with E-state index in [4.69, 9.17) is 0 Å². The van der Waals surface area contributed by atoms with E-state index in [0.717, 1.165) is 49.2 Å². The molecule has 2 aromatic carbocycles. The number of halogens is 2. The maximum atomic E-state index is 14.0. The second-order valence-corrected chi connectivity index (χ2v) is 9.50. The van der Waals surface area contributed by atoms with E-state index in [9.17, 15) is 17.2 Å². The zero-order valence-electron chi connectivity index (χ0n) is 15.7. The highest BCUT2D eigenvalue weighted by molar-refractivity contribution is 7.90. The van der Waals surface area contributed by atoms with Gasteiger partial charge in [-0.3, -0.25) is 4.90 Å². The Hall–Kier alpha value is -2.51. The number of hydrogen-bond acceptors (Lipinski definition) is 3. The molecule has 0 saturated carbocycles. The Labute approximate surface area is 168 Å². The van der Waals surface area contributed by atoms with Crippen LogP contribution >= 0.6 is 0 Å². The van der Waals surface area contributed by atoms with Gasteiger partial charge in [0.1, 0.15) is 11.6 Å². The SMILES string of the molecule is O=S(=O)(c1ccc(F)cc1)n1cc(C2=CCN3CCC[C@@H]3C2)c2cc(F)ccc21. The molecule has 1 saturated heterocycles. The van der Waals surface area contributed by atoms with Crippen molar-refractivity contribution in [3.8, 4) is 0 Å². The Kier molecular flexibility index (Phi) is 4.33. The van der Waals surface area contributed by atoms with E-state index in [2.05, 4.69) is 11.0 Å². The second kappa shape index (κ2) is 6.78. The van der Waals surface area contributed by atoms with Gasteiger partial charge in [-0.15, -0.1) is 0 Å². The first-order chi connectivity index (χ1) is 13.9. The van der Waals surface area contributed by atoms with Gasteiger partial charge in [0.15, 0.2) is 0 Å². The first-order valence-electron chi connectivity index (χ1n) is 9.69. The van der Waals surface area contributed by atoms with E-state index in [1.54, 1.807) is 6.20 Å². The minimum Gasteiger partial charge on any atom is -0.296 e. The Morgan fingerprint density at radius 3 is 2.55 bits per heavy atom. The Balaban J connectivity index is 1.67. The molecule has 3 heterocycles. The van der Waals surface area contributed by atoms with Crippen molar-refractivity contribution in [1.29, 1.82) is 0 Å². The highest BCUT2D eigenvalue weighted by atomic mass is 32.2. The molecule has 1 aromatic heterocycles. The van der Waals surface area contributed by atoms with Crippen LogP contribution in [0.1, 0.15) is 24.8 Å². The average molecular weight is 414 g/mol. The third kappa shape index (κ3) is 3.09. The predicted molar refractivity (Wildman–Crippen MR) is 108 cm³/mol. The number of rotatable bonds is 3. The molecule has 0 amide bonds. The van der Waals surface area contributed by atoms with Gasteiger partial charge >= 0.3 is 0 Å². The van der Waals surface area contributed by atoms with Crippen molar-refractivity contribution >= 4 is 26.5 Å². The Morgan fingerprint density at radius 1 is 1.00 bits per heavy atom. The summed E-state index contributed by atoms with van der Waals surface area (Å²) < 4.78 is 55.0. The van der Waals surface area contributed by atoms with E-state index >= 15 is 0 Å². The van der Waals surface area contributed by atoms with Gasteiger partial charge in [-0.1, -0.05) is 6.08 Å². The molecule has 3 aromatic rings. The zero-order chi connectivity index (χ0) is 20.2. The molecule has 4 nitrogen and oxygen atoms in total. The summed E-state index contributed by atoms with van der Waals surface area (Å²) in [5, 5.41) is 0.577. The molecule has 2 aliphatic rings. The van der Waals surface area contributed by atoms with Crippen LogP contribution in [0.3, 0.4) is 0 Å². The molecule has 0 unspecified atom stereocenters. The van der Waals surface area contributed by atoms with Crippen molar-refractivity contribution in [3.63, 3.8) is 0 Å². The first kappa shape index (κ1) is 18.5. The van der Waals surface area contributed by atoms with Crippen molar-refractivity contribution in [2.24, 2.45) is 0 Å². The van der Waals surface area contributed by atoms with Crippen LogP contribution < -0.4 is 0 Å². The molecule has 150 valence electrons. The largest absolute Gasteiger partial charge is 0.296 e. The van der Waals surface area contributed by atoms with E-state index in [0.29, 0.717) is 16.9 Å². The predicted octanol–water partition coefficient (Wildman–Crippen LogP) is 4.41. The van der Waals surface area contributed by atoms with E-state index < -0.39 is 21.7 Å². The topological polar surface area (TPSA) is 42.3 Å². The number of fused-ring (bicyclic) bond motifs is 2. The fourth-order valence-electron chi connectivity index (χ4n) is 4.50. The molecule has 5 rings (SSSR count). The normalized spacial score (nSPS) is 20.1. The number of nitrogens with zero attached hydrogens (tertiary/aromatic N) is 2. The summed E-state index contributed by atoms with van der Waals surface area (Å²) in [6.45, 7) is 1.91. The summed E-state index contributed by atoms with van der Waals surface area (Å²) in [7, 11) is -3.94. The molecule has 0 radical (unpaired) electrons. The highest BCUT2D eigenvalue weighted by Crippen LogP contribution is 2.37. The molecule has 29 heavy (non-hydrogen) atoms. The van der Waals surface area contributed by atoms with Gasteiger partial charge in [0.05, 0.1) is 10.4 Å². The summed E-state index contributed by atoms with van der Waals surface area (Å²) in [5.74, 6) is -0.910. The number of aromatic nitrogens is 1. The third-order valence-electron chi connectivity index (χ3n) is 5.98. The van der Waals surface area contributed by atoms with Gasteiger partial charge < -0.3 is 0 Å². The van der Waals surface area contributed by atoms with Crippen LogP contribution in [0.25, 0.3) is 16.5 Å². The van der Waals surface area contributed by atoms with Crippen molar-refractivity contribution in [1.82, 2.24) is 8.87 Å². The average Bonchev–Trinajstić information content (AvgIpc) is 3.32. The summed E-state index contributed by atoms with van der Waals surface area (Å²) in [6, 6.07) is 9.33. The Morgan fingerprint density at radius 2 is 1.76 bits per heavy atom. The van der Waals surface area contributed by atoms with Crippen LogP contribution in [-0.4, -0.2) is 36.4 Å². The second-order valence-electron chi connectivity index (χ2n) is 7.68. The lowest BCUT2D eigenvalue weighted by Gasteiger charge is -2.29. The van der Waals surface area contributed by atoms with E-state index in [-0.39, 0.29) is 4.90 Å². The van der Waals surface area contributed by atoms with Crippen LogP contribution in [0.15, 0.2) is 59.6 Å². The van der Waals surface area contributed by atoms with Crippen LogP contribution in [0.5, 0.6) is 0 Å². The maximum Gasteiger partial charge on any atom is 0.268 e. The van der Waals surface area contributed by atoms with Gasteiger partial charge in [0.2, 0.25) is 0 Å². The molecule has 0 aliphatic carbocycles. The zero-order valence-corrected chi connectivity index (χ0v) is 16.5. The van der Waals surface area contributed by atoms with Gasteiger partial charge in [0.25, 0.3) is 10.0 Å². The van der Waals surface area contributed by atoms with Crippen molar-refractivity contribution in [3.05, 3.63) is 71.9 Å². The maximum absolute atomic E-state index is 14.0. The summed E-state index contributed by atoms with van der Waals surface area (Å²) in [6.07, 6.45) is 6.82. The fraction of sp³-hybridized carbons (Fsp3) is 0.273. The Bertz CT molecular complexity index is 1230. The van der Waals surface area contributed by atoms with Crippen molar-refractivity contribution < 1.29 is 17.2 Å². The molecule has 1 fully saturated rings. The summed E-state index contributed by atoms with van der Waals surface area (Å²) >= 11 is 0. The van der Waals surface area contributed by atoms with E-state index in [1.807, 2.05) is 0 Å². The monoisotopic (exact) mass is 414 g/mol. The number of hydrogen-bond donors (Lipinski definition) is 0. The smallest absolute Gasteiger partial charge is 0.268 e. The van der Waals surface area contributed by atoms with Crippen LogP contribution in [-0.2, 0) is 10.0 Å². The van der Waals surface area contributed by atoms with Crippen LogP contribution in [0.2, 0.25) is 0 Å². The van der Waals surface area contributed by atoms with Crippen molar-refractivity contribution in [2.45, 2.75) is 30.2 Å². The lowest BCUT2D eigenvalue weighted by atomic mass is 9.94.